The van der Waals surface area contributed by atoms with E-state index in [9.17, 15) is 0 Å². The van der Waals surface area contributed by atoms with Crippen molar-refractivity contribution < 1.29 is 0 Å². The molecule has 0 unspecified atom stereocenters. The van der Waals surface area contributed by atoms with Gasteiger partial charge >= 0.3 is 0 Å². The van der Waals surface area contributed by atoms with Crippen molar-refractivity contribution in [2.75, 3.05) is 32.5 Å². The van der Waals surface area contributed by atoms with Gasteiger partial charge in [-0.25, -0.2) is 0 Å². The topological polar surface area (TPSA) is 27.3 Å². The van der Waals surface area contributed by atoms with E-state index < -0.39 is 0 Å². The molecule has 0 aromatic heterocycles. The van der Waals surface area contributed by atoms with Crippen molar-refractivity contribution >= 4 is 23.0 Å². The highest BCUT2D eigenvalue weighted by Crippen LogP contribution is 2.23. The van der Waals surface area contributed by atoms with E-state index in [1.807, 2.05) is 6.07 Å². The highest BCUT2D eigenvalue weighted by atomic mass is 32.1. The van der Waals surface area contributed by atoms with E-state index >= 15 is 0 Å². The fourth-order valence-electron chi connectivity index (χ4n) is 1.88. The van der Waals surface area contributed by atoms with Gasteiger partial charge in [0.1, 0.15) is 0 Å². The van der Waals surface area contributed by atoms with Gasteiger partial charge in [0, 0.05) is 12.2 Å². The SMILES string of the molecule is CC(C)c1ccccc1NC(=S)NCCCN(C)C. The molecule has 0 fully saturated rings. The monoisotopic (exact) mass is 279 g/mol. The lowest BCUT2D eigenvalue weighted by Crippen LogP contribution is -2.31. The van der Waals surface area contributed by atoms with Crippen LogP contribution < -0.4 is 10.6 Å². The molecule has 4 heteroatoms. The molecule has 0 saturated carbocycles. The molecule has 0 saturated heterocycles. The van der Waals surface area contributed by atoms with Gasteiger partial charge in [0.2, 0.25) is 0 Å². The summed E-state index contributed by atoms with van der Waals surface area (Å²) in [5, 5.41) is 7.23. The number of nitrogens with zero attached hydrogens (tertiary/aromatic N) is 1. The van der Waals surface area contributed by atoms with Gasteiger partial charge in [-0.3, -0.25) is 0 Å². The van der Waals surface area contributed by atoms with Gasteiger partial charge in [-0.1, -0.05) is 32.0 Å². The molecule has 1 aromatic carbocycles. The van der Waals surface area contributed by atoms with Crippen LogP contribution in [0.1, 0.15) is 31.7 Å². The molecule has 0 aliphatic carbocycles. The lowest BCUT2D eigenvalue weighted by molar-refractivity contribution is 0.400. The van der Waals surface area contributed by atoms with E-state index in [-0.39, 0.29) is 0 Å². The number of rotatable bonds is 6. The number of hydrogen-bond acceptors (Lipinski definition) is 2. The van der Waals surface area contributed by atoms with Crippen LogP contribution in [0.25, 0.3) is 0 Å². The van der Waals surface area contributed by atoms with Crippen molar-refractivity contribution in [2.24, 2.45) is 0 Å². The average molecular weight is 279 g/mol. The third-order valence-corrected chi connectivity index (χ3v) is 3.15. The van der Waals surface area contributed by atoms with Crippen molar-refractivity contribution in [1.29, 1.82) is 0 Å². The summed E-state index contributed by atoms with van der Waals surface area (Å²) in [4.78, 5) is 2.17. The largest absolute Gasteiger partial charge is 0.362 e. The van der Waals surface area contributed by atoms with Crippen LogP contribution in [0.15, 0.2) is 24.3 Å². The van der Waals surface area contributed by atoms with Gasteiger partial charge < -0.3 is 15.5 Å². The van der Waals surface area contributed by atoms with Crippen LogP contribution in [-0.4, -0.2) is 37.2 Å². The first-order valence-electron chi connectivity index (χ1n) is 6.79. The van der Waals surface area contributed by atoms with E-state index in [0.29, 0.717) is 11.0 Å². The maximum atomic E-state index is 5.33. The Morgan fingerprint density at radius 1 is 1.26 bits per heavy atom. The predicted octanol–water partition coefficient (Wildman–Crippen LogP) is 3.05. The summed E-state index contributed by atoms with van der Waals surface area (Å²) in [5.41, 5.74) is 2.39. The maximum absolute atomic E-state index is 5.33. The van der Waals surface area contributed by atoms with Crippen LogP contribution in [-0.2, 0) is 0 Å². The Hall–Kier alpha value is -1.13. The van der Waals surface area contributed by atoms with Gasteiger partial charge in [-0.05, 0) is 56.8 Å². The molecule has 0 radical (unpaired) electrons. The molecule has 0 aliphatic heterocycles. The first-order chi connectivity index (χ1) is 9.00. The first-order valence-corrected chi connectivity index (χ1v) is 7.20. The number of para-hydroxylation sites is 1. The second-order valence-corrected chi connectivity index (χ2v) is 5.69. The van der Waals surface area contributed by atoms with E-state index in [4.69, 9.17) is 12.2 Å². The van der Waals surface area contributed by atoms with Crippen molar-refractivity contribution in [2.45, 2.75) is 26.2 Å². The van der Waals surface area contributed by atoms with Gasteiger partial charge in [-0.2, -0.15) is 0 Å². The molecule has 106 valence electrons. The van der Waals surface area contributed by atoms with Crippen LogP contribution in [0.2, 0.25) is 0 Å². The fraction of sp³-hybridized carbons (Fsp3) is 0.533. The minimum atomic E-state index is 0.486. The Bertz CT molecular complexity index is 402. The first kappa shape index (κ1) is 15.9. The highest BCUT2D eigenvalue weighted by Gasteiger charge is 2.06. The molecule has 19 heavy (non-hydrogen) atoms. The van der Waals surface area contributed by atoms with Gasteiger partial charge in [0.25, 0.3) is 0 Å². The molecular weight excluding hydrogens is 254 g/mol. The van der Waals surface area contributed by atoms with Crippen molar-refractivity contribution in [3.05, 3.63) is 29.8 Å². The van der Waals surface area contributed by atoms with Gasteiger partial charge in [0.05, 0.1) is 0 Å². The number of anilines is 1. The number of nitrogens with one attached hydrogen (secondary N) is 2. The third-order valence-electron chi connectivity index (χ3n) is 2.90. The zero-order valence-corrected chi connectivity index (χ0v) is 13.2. The lowest BCUT2D eigenvalue weighted by Gasteiger charge is -2.16. The molecule has 0 aliphatic rings. The smallest absolute Gasteiger partial charge is 0.170 e. The van der Waals surface area contributed by atoms with Crippen LogP contribution >= 0.6 is 12.2 Å². The number of benzene rings is 1. The van der Waals surface area contributed by atoms with E-state index in [2.05, 4.69) is 61.7 Å². The molecule has 0 spiro atoms. The van der Waals surface area contributed by atoms with Crippen LogP contribution in [0.4, 0.5) is 5.69 Å². The standard InChI is InChI=1S/C15H25N3S/c1-12(2)13-8-5-6-9-14(13)17-15(19)16-10-7-11-18(3)4/h5-6,8-9,12H,7,10-11H2,1-4H3,(H2,16,17,19). The minimum Gasteiger partial charge on any atom is -0.362 e. The van der Waals surface area contributed by atoms with E-state index in [0.717, 1.165) is 25.2 Å². The van der Waals surface area contributed by atoms with Crippen molar-refractivity contribution in [1.82, 2.24) is 10.2 Å². The second kappa shape index (κ2) is 8.12. The lowest BCUT2D eigenvalue weighted by atomic mass is 10.0. The molecular formula is C15H25N3S. The Balaban J connectivity index is 2.44. The number of hydrogen-bond donors (Lipinski definition) is 2. The zero-order valence-electron chi connectivity index (χ0n) is 12.4. The molecule has 0 atom stereocenters. The summed E-state index contributed by atoms with van der Waals surface area (Å²) in [6, 6.07) is 8.31. The quantitative estimate of drug-likeness (QED) is 0.618. The Morgan fingerprint density at radius 2 is 1.95 bits per heavy atom. The summed E-state index contributed by atoms with van der Waals surface area (Å²) < 4.78 is 0. The van der Waals surface area contributed by atoms with Crippen LogP contribution in [0, 0.1) is 0 Å². The Morgan fingerprint density at radius 3 is 2.58 bits per heavy atom. The molecule has 3 nitrogen and oxygen atoms in total. The van der Waals surface area contributed by atoms with Gasteiger partial charge in [-0.15, -0.1) is 0 Å². The molecule has 0 amide bonds. The average Bonchev–Trinajstić information content (AvgIpc) is 2.35. The predicted molar refractivity (Wildman–Crippen MR) is 87.9 cm³/mol. The second-order valence-electron chi connectivity index (χ2n) is 5.28. The summed E-state index contributed by atoms with van der Waals surface area (Å²) >= 11 is 5.33. The van der Waals surface area contributed by atoms with Crippen LogP contribution in [0.5, 0.6) is 0 Å². The Kier molecular flexibility index (Phi) is 6.81. The third kappa shape index (κ3) is 6.03. The Labute approximate surface area is 122 Å². The summed E-state index contributed by atoms with van der Waals surface area (Å²) in [7, 11) is 4.16. The summed E-state index contributed by atoms with van der Waals surface area (Å²) in [5.74, 6) is 0.486. The highest BCUT2D eigenvalue weighted by molar-refractivity contribution is 7.80. The zero-order chi connectivity index (χ0) is 14.3. The fourth-order valence-corrected chi connectivity index (χ4v) is 2.09. The molecule has 0 heterocycles. The van der Waals surface area contributed by atoms with E-state index in [1.54, 1.807) is 0 Å². The molecule has 2 N–H and O–H groups in total. The number of thiocarbonyl (C=S) groups is 1. The summed E-state index contributed by atoms with van der Waals surface area (Å²) in [6.07, 6.45) is 1.08. The normalized spacial score (nSPS) is 10.8. The van der Waals surface area contributed by atoms with Crippen molar-refractivity contribution in [3.8, 4) is 0 Å². The minimum absolute atomic E-state index is 0.486. The van der Waals surface area contributed by atoms with Crippen LogP contribution in [0.3, 0.4) is 0 Å². The summed E-state index contributed by atoms with van der Waals surface area (Å²) in [6.45, 7) is 6.34. The van der Waals surface area contributed by atoms with Gasteiger partial charge in [0.15, 0.2) is 5.11 Å². The molecule has 0 bridgehead atoms. The molecule has 1 aromatic rings. The maximum Gasteiger partial charge on any atom is 0.170 e. The van der Waals surface area contributed by atoms with Crippen molar-refractivity contribution in [3.63, 3.8) is 0 Å². The molecule has 1 rings (SSSR count). The van der Waals surface area contributed by atoms with E-state index in [1.165, 1.54) is 5.56 Å².